The lowest BCUT2D eigenvalue weighted by atomic mass is 10.1. The van der Waals surface area contributed by atoms with Crippen LogP contribution >= 0.6 is 11.8 Å². The number of carbonyl (C=O) groups is 1. The third-order valence-electron chi connectivity index (χ3n) is 3.70. The van der Waals surface area contributed by atoms with Gasteiger partial charge < -0.3 is 14.8 Å². The first kappa shape index (κ1) is 18.9. The van der Waals surface area contributed by atoms with Crippen LogP contribution in [0.5, 0.6) is 11.5 Å². The first-order valence-electron chi connectivity index (χ1n) is 7.97. The Morgan fingerprint density at radius 1 is 1.08 bits per heavy atom. The van der Waals surface area contributed by atoms with E-state index in [0.29, 0.717) is 5.56 Å². The maximum absolute atomic E-state index is 12.2. The summed E-state index contributed by atoms with van der Waals surface area (Å²) in [7, 11) is 3.25. The number of carbonyl (C=O) groups excluding carboxylic acids is 1. The molecule has 0 saturated carbocycles. The van der Waals surface area contributed by atoms with Gasteiger partial charge in [-0.1, -0.05) is 36.4 Å². The molecule has 2 aromatic carbocycles. The fourth-order valence-corrected chi connectivity index (χ4v) is 2.82. The van der Waals surface area contributed by atoms with Gasteiger partial charge in [0.25, 0.3) is 0 Å². The van der Waals surface area contributed by atoms with Crippen molar-refractivity contribution in [2.45, 2.75) is 6.42 Å². The molecule has 0 fully saturated rings. The molecule has 0 spiro atoms. The van der Waals surface area contributed by atoms with Crippen molar-refractivity contribution >= 4 is 17.5 Å². The maximum Gasteiger partial charge on any atom is 0.188 e. The number of hydrogen-bond donors (Lipinski definition) is 1. The van der Waals surface area contributed by atoms with Crippen molar-refractivity contribution in [3.63, 3.8) is 0 Å². The van der Waals surface area contributed by atoms with E-state index in [0.717, 1.165) is 35.1 Å². The Morgan fingerprint density at radius 3 is 2.44 bits per heavy atom. The van der Waals surface area contributed by atoms with Crippen LogP contribution in [0.1, 0.15) is 15.9 Å². The maximum atomic E-state index is 12.2. The molecule has 0 unspecified atom stereocenters. The Balaban J connectivity index is 1.95. The zero-order chi connectivity index (χ0) is 18.1. The van der Waals surface area contributed by atoms with Crippen LogP contribution in [-0.2, 0) is 6.42 Å². The molecule has 25 heavy (non-hydrogen) atoms. The third-order valence-corrected chi connectivity index (χ3v) is 4.40. The van der Waals surface area contributed by atoms with E-state index in [4.69, 9.17) is 9.47 Å². The number of nitrogens with one attached hydrogen (secondary N) is 1. The number of thioether (sulfide) groups is 1. The molecule has 0 aliphatic heterocycles. The summed E-state index contributed by atoms with van der Waals surface area (Å²) < 4.78 is 10.6. The van der Waals surface area contributed by atoms with Gasteiger partial charge in [-0.2, -0.15) is 0 Å². The summed E-state index contributed by atoms with van der Waals surface area (Å²) in [5.74, 6) is 1.45. The van der Waals surface area contributed by atoms with E-state index in [1.807, 2.05) is 54.8 Å². The molecule has 0 amide bonds. The van der Waals surface area contributed by atoms with E-state index >= 15 is 0 Å². The van der Waals surface area contributed by atoms with E-state index < -0.39 is 0 Å². The van der Waals surface area contributed by atoms with Crippen LogP contribution in [0.4, 0.5) is 0 Å². The van der Waals surface area contributed by atoms with Gasteiger partial charge in [0.2, 0.25) is 0 Å². The summed E-state index contributed by atoms with van der Waals surface area (Å²) in [6.07, 6.45) is 4.42. The van der Waals surface area contributed by atoms with Crippen LogP contribution in [-0.4, -0.2) is 32.8 Å². The highest BCUT2D eigenvalue weighted by Crippen LogP contribution is 2.27. The van der Waals surface area contributed by atoms with Gasteiger partial charge in [-0.05, 0) is 30.4 Å². The molecule has 1 N–H and O–H groups in total. The number of ketones is 1. The lowest BCUT2D eigenvalue weighted by molar-refractivity contribution is 0.104. The Kier molecular flexibility index (Phi) is 7.41. The average molecular weight is 357 g/mol. The topological polar surface area (TPSA) is 47.6 Å². The normalized spacial score (nSPS) is 11.1. The average Bonchev–Trinajstić information content (AvgIpc) is 2.67. The van der Waals surface area contributed by atoms with Crippen molar-refractivity contribution in [1.82, 2.24) is 5.32 Å². The zero-order valence-corrected chi connectivity index (χ0v) is 15.6. The van der Waals surface area contributed by atoms with E-state index in [9.17, 15) is 4.79 Å². The third kappa shape index (κ3) is 5.57. The summed E-state index contributed by atoms with van der Waals surface area (Å²) in [6.45, 7) is 0.726. The number of hydrogen-bond acceptors (Lipinski definition) is 5. The zero-order valence-electron chi connectivity index (χ0n) is 14.7. The first-order valence-corrected chi connectivity index (χ1v) is 9.20. The summed E-state index contributed by atoms with van der Waals surface area (Å²) in [4.78, 5) is 12.2. The smallest absolute Gasteiger partial charge is 0.188 e. The standard InChI is InChI=1S/C20H23NO3S/c1-23-18-10-9-15(13-19(18)24-2)11-12-21-20(25-3)14-17(22)16-7-5-4-6-8-16/h4-10,13-14,21H,11-12H2,1-3H3/b20-14-. The second kappa shape index (κ2) is 9.79. The molecule has 4 nitrogen and oxygen atoms in total. The van der Waals surface area contributed by atoms with Crippen LogP contribution < -0.4 is 14.8 Å². The van der Waals surface area contributed by atoms with Crippen molar-refractivity contribution in [3.8, 4) is 11.5 Å². The quantitative estimate of drug-likeness (QED) is 0.544. The number of ether oxygens (including phenoxy) is 2. The fraction of sp³-hybridized carbons (Fsp3) is 0.250. The van der Waals surface area contributed by atoms with Crippen LogP contribution in [0.3, 0.4) is 0 Å². The minimum atomic E-state index is 0.00330. The molecular formula is C20H23NO3S. The Morgan fingerprint density at radius 2 is 1.80 bits per heavy atom. The molecule has 2 rings (SSSR count). The fourth-order valence-electron chi connectivity index (χ4n) is 2.35. The number of benzene rings is 2. The Hall–Kier alpha value is -2.40. The van der Waals surface area contributed by atoms with Crippen molar-refractivity contribution in [2.75, 3.05) is 27.0 Å². The summed E-state index contributed by atoms with van der Waals surface area (Å²) >= 11 is 1.53. The highest BCUT2D eigenvalue weighted by molar-refractivity contribution is 8.02. The second-order valence-electron chi connectivity index (χ2n) is 5.31. The van der Waals surface area contributed by atoms with Crippen LogP contribution in [0.15, 0.2) is 59.6 Å². The van der Waals surface area contributed by atoms with E-state index in [2.05, 4.69) is 5.32 Å². The minimum Gasteiger partial charge on any atom is -0.493 e. The molecule has 132 valence electrons. The van der Waals surface area contributed by atoms with Crippen molar-refractivity contribution in [1.29, 1.82) is 0 Å². The molecule has 0 atom stereocenters. The van der Waals surface area contributed by atoms with Crippen LogP contribution in [0, 0.1) is 0 Å². The molecule has 0 saturated heterocycles. The molecule has 0 aliphatic carbocycles. The van der Waals surface area contributed by atoms with Crippen molar-refractivity contribution < 1.29 is 14.3 Å². The van der Waals surface area contributed by atoms with Crippen molar-refractivity contribution in [3.05, 3.63) is 70.8 Å². The van der Waals surface area contributed by atoms with Gasteiger partial charge in [0.15, 0.2) is 17.3 Å². The van der Waals surface area contributed by atoms with Gasteiger partial charge in [-0.15, -0.1) is 11.8 Å². The van der Waals surface area contributed by atoms with E-state index in [-0.39, 0.29) is 5.78 Å². The summed E-state index contributed by atoms with van der Waals surface area (Å²) in [6, 6.07) is 15.2. The van der Waals surface area contributed by atoms with Crippen molar-refractivity contribution in [2.24, 2.45) is 0 Å². The second-order valence-corrected chi connectivity index (χ2v) is 6.16. The Bertz CT molecular complexity index is 729. The monoisotopic (exact) mass is 357 g/mol. The van der Waals surface area contributed by atoms with E-state index in [1.165, 1.54) is 11.8 Å². The minimum absolute atomic E-state index is 0.00330. The highest BCUT2D eigenvalue weighted by atomic mass is 32.2. The van der Waals surface area contributed by atoms with Gasteiger partial charge in [0.05, 0.1) is 19.2 Å². The predicted molar refractivity (Wildman–Crippen MR) is 104 cm³/mol. The lowest BCUT2D eigenvalue weighted by Gasteiger charge is -2.11. The summed E-state index contributed by atoms with van der Waals surface area (Å²) in [5, 5.41) is 4.17. The SMILES string of the molecule is COc1ccc(CCN/C(=C/C(=O)c2ccccc2)SC)cc1OC. The number of rotatable bonds is 9. The predicted octanol–water partition coefficient (Wildman–Crippen LogP) is 3.92. The summed E-state index contributed by atoms with van der Waals surface area (Å²) in [5.41, 5.74) is 1.83. The van der Waals surface area contributed by atoms with Gasteiger partial charge in [0.1, 0.15) is 0 Å². The molecular weight excluding hydrogens is 334 g/mol. The number of allylic oxidation sites excluding steroid dienone is 1. The largest absolute Gasteiger partial charge is 0.493 e. The van der Waals surface area contributed by atoms with Crippen LogP contribution in [0.2, 0.25) is 0 Å². The van der Waals surface area contributed by atoms with Gasteiger partial charge in [-0.3, -0.25) is 4.79 Å². The van der Waals surface area contributed by atoms with Gasteiger partial charge >= 0.3 is 0 Å². The molecule has 0 aliphatic rings. The van der Waals surface area contributed by atoms with Gasteiger partial charge in [0, 0.05) is 18.2 Å². The van der Waals surface area contributed by atoms with E-state index in [1.54, 1.807) is 20.3 Å². The first-order chi connectivity index (χ1) is 12.2. The molecule has 2 aromatic rings. The highest BCUT2D eigenvalue weighted by Gasteiger charge is 2.06. The molecule has 5 heteroatoms. The molecule has 0 bridgehead atoms. The molecule has 0 heterocycles. The molecule has 0 radical (unpaired) electrons. The van der Waals surface area contributed by atoms with Gasteiger partial charge in [-0.25, -0.2) is 0 Å². The lowest BCUT2D eigenvalue weighted by Crippen LogP contribution is -2.16. The molecule has 0 aromatic heterocycles. The van der Waals surface area contributed by atoms with Crippen LogP contribution in [0.25, 0.3) is 0 Å². The number of methoxy groups -OCH3 is 2. The Labute approximate surface area is 153 Å².